The molecular formula is C12H13BrF2O2S. The minimum absolute atomic E-state index is 0.0281. The molecule has 1 aromatic rings. The molecule has 100 valence electrons. The topological polar surface area (TPSA) is 34.1 Å². The first-order valence-corrected chi connectivity index (χ1v) is 8.39. The summed E-state index contributed by atoms with van der Waals surface area (Å²) < 4.78 is 48.5. The second kappa shape index (κ2) is 5.25. The number of hydrogen-bond acceptors (Lipinski definition) is 2. The normalized spacial score (nSPS) is 24.1. The molecule has 1 heterocycles. The van der Waals surface area contributed by atoms with E-state index in [-0.39, 0.29) is 22.3 Å². The van der Waals surface area contributed by atoms with Crippen LogP contribution in [0.25, 0.3) is 0 Å². The summed E-state index contributed by atoms with van der Waals surface area (Å²) in [6.07, 6.45) is 1.12. The van der Waals surface area contributed by atoms with E-state index < -0.39 is 21.5 Å². The largest absolute Gasteiger partial charge is 0.229 e. The lowest BCUT2D eigenvalue weighted by molar-refractivity contribution is 0.505. The van der Waals surface area contributed by atoms with Crippen molar-refractivity contribution in [3.63, 3.8) is 0 Å². The molecular weight excluding hydrogens is 326 g/mol. The number of halogens is 3. The molecule has 0 aromatic heterocycles. The van der Waals surface area contributed by atoms with Crippen LogP contribution >= 0.6 is 15.9 Å². The summed E-state index contributed by atoms with van der Waals surface area (Å²) in [5, 5.41) is 0. The molecule has 18 heavy (non-hydrogen) atoms. The highest BCUT2D eigenvalue weighted by Crippen LogP contribution is 2.28. The molecule has 0 radical (unpaired) electrons. The van der Waals surface area contributed by atoms with Crippen molar-refractivity contribution in [1.29, 1.82) is 0 Å². The quantitative estimate of drug-likeness (QED) is 0.794. The number of hydrogen-bond donors (Lipinski definition) is 0. The van der Waals surface area contributed by atoms with Gasteiger partial charge in [0.15, 0.2) is 21.5 Å². The molecule has 6 heteroatoms. The van der Waals surface area contributed by atoms with E-state index in [1.165, 1.54) is 6.07 Å². The van der Waals surface area contributed by atoms with Crippen molar-refractivity contribution in [2.45, 2.75) is 17.7 Å². The summed E-state index contributed by atoms with van der Waals surface area (Å²) in [5.41, 5.74) is 0.667. The fourth-order valence-electron chi connectivity index (χ4n) is 2.17. The molecule has 0 saturated carbocycles. The average molecular weight is 339 g/mol. The fourth-order valence-corrected chi connectivity index (χ4v) is 5.12. The Morgan fingerprint density at radius 1 is 1.33 bits per heavy atom. The van der Waals surface area contributed by atoms with Gasteiger partial charge in [-0.1, -0.05) is 22.0 Å². The molecule has 0 bridgehead atoms. The molecule has 0 amide bonds. The SMILES string of the molecule is O=S1(=O)CCC(C(Br)Cc2ccc(F)c(F)c2)C1. The van der Waals surface area contributed by atoms with Crippen LogP contribution < -0.4 is 0 Å². The fraction of sp³-hybridized carbons (Fsp3) is 0.500. The number of rotatable bonds is 3. The van der Waals surface area contributed by atoms with Gasteiger partial charge in [0.25, 0.3) is 0 Å². The maximum Gasteiger partial charge on any atom is 0.159 e. The van der Waals surface area contributed by atoms with Crippen LogP contribution in [0.15, 0.2) is 18.2 Å². The molecule has 2 nitrogen and oxygen atoms in total. The summed E-state index contributed by atoms with van der Waals surface area (Å²) in [7, 11) is -2.91. The van der Waals surface area contributed by atoms with Gasteiger partial charge in [0.05, 0.1) is 11.5 Å². The lowest BCUT2D eigenvalue weighted by Gasteiger charge is -2.16. The van der Waals surface area contributed by atoms with Crippen LogP contribution in [0, 0.1) is 17.6 Å². The molecule has 1 saturated heterocycles. The second-order valence-electron chi connectivity index (χ2n) is 4.63. The van der Waals surface area contributed by atoms with Crippen LogP contribution in [0.5, 0.6) is 0 Å². The highest BCUT2D eigenvalue weighted by Gasteiger charge is 2.32. The maximum absolute atomic E-state index is 13.0. The predicted molar refractivity (Wildman–Crippen MR) is 69.5 cm³/mol. The molecule has 1 aliphatic rings. The molecule has 2 unspecified atom stereocenters. The Kier molecular flexibility index (Phi) is 4.06. The maximum atomic E-state index is 13.0. The van der Waals surface area contributed by atoms with Crippen molar-refractivity contribution in [2.75, 3.05) is 11.5 Å². The zero-order valence-corrected chi connectivity index (χ0v) is 12.0. The lowest BCUT2D eigenvalue weighted by Crippen LogP contribution is -2.18. The van der Waals surface area contributed by atoms with Crippen molar-refractivity contribution in [3.8, 4) is 0 Å². The van der Waals surface area contributed by atoms with Gasteiger partial charge in [-0.2, -0.15) is 0 Å². The Labute approximate surface area is 113 Å². The first-order chi connectivity index (χ1) is 8.37. The average Bonchev–Trinajstić information content (AvgIpc) is 2.64. The zero-order valence-electron chi connectivity index (χ0n) is 9.57. The first-order valence-electron chi connectivity index (χ1n) is 5.66. The minimum atomic E-state index is -2.91. The van der Waals surface area contributed by atoms with Crippen LogP contribution in [-0.4, -0.2) is 24.8 Å². The van der Waals surface area contributed by atoms with Gasteiger partial charge in [-0.15, -0.1) is 0 Å². The number of benzene rings is 1. The van der Waals surface area contributed by atoms with E-state index in [2.05, 4.69) is 15.9 Å². The highest BCUT2D eigenvalue weighted by molar-refractivity contribution is 9.09. The van der Waals surface area contributed by atoms with Crippen molar-refractivity contribution in [2.24, 2.45) is 5.92 Å². The van der Waals surface area contributed by atoms with E-state index in [9.17, 15) is 17.2 Å². The molecule has 2 rings (SSSR count). The van der Waals surface area contributed by atoms with Gasteiger partial charge in [0, 0.05) is 4.83 Å². The molecule has 0 spiro atoms. The van der Waals surface area contributed by atoms with Crippen LogP contribution in [0.1, 0.15) is 12.0 Å². The van der Waals surface area contributed by atoms with E-state index in [1.54, 1.807) is 0 Å². The highest BCUT2D eigenvalue weighted by atomic mass is 79.9. The van der Waals surface area contributed by atoms with Gasteiger partial charge < -0.3 is 0 Å². The van der Waals surface area contributed by atoms with Crippen molar-refractivity contribution in [1.82, 2.24) is 0 Å². The van der Waals surface area contributed by atoms with E-state index in [4.69, 9.17) is 0 Å². The van der Waals surface area contributed by atoms with Crippen LogP contribution in [0.3, 0.4) is 0 Å². The third-order valence-corrected chi connectivity index (χ3v) is 6.06. The summed E-state index contributed by atoms with van der Waals surface area (Å²) in [6, 6.07) is 3.78. The summed E-state index contributed by atoms with van der Waals surface area (Å²) in [6.45, 7) is 0. The summed E-state index contributed by atoms with van der Waals surface area (Å²) >= 11 is 3.46. The van der Waals surface area contributed by atoms with Gasteiger partial charge in [-0.3, -0.25) is 0 Å². The van der Waals surface area contributed by atoms with Gasteiger partial charge in [-0.05, 0) is 36.5 Å². The minimum Gasteiger partial charge on any atom is -0.229 e. The number of alkyl halides is 1. The molecule has 1 fully saturated rings. The van der Waals surface area contributed by atoms with Crippen molar-refractivity contribution in [3.05, 3.63) is 35.4 Å². The Morgan fingerprint density at radius 2 is 2.06 bits per heavy atom. The van der Waals surface area contributed by atoms with Crippen LogP contribution in [0.4, 0.5) is 8.78 Å². The monoisotopic (exact) mass is 338 g/mol. The third kappa shape index (κ3) is 3.29. The van der Waals surface area contributed by atoms with Gasteiger partial charge >= 0.3 is 0 Å². The molecule has 0 N–H and O–H groups in total. The van der Waals surface area contributed by atoms with Gasteiger partial charge in [-0.25, -0.2) is 17.2 Å². The van der Waals surface area contributed by atoms with Crippen LogP contribution in [-0.2, 0) is 16.3 Å². The summed E-state index contributed by atoms with van der Waals surface area (Å²) in [4.78, 5) is -0.0281. The molecule has 2 atom stereocenters. The smallest absolute Gasteiger partial charge is 0.159 e. The Morgan fingerprint density at radius 3 is 2.61 bits per heavy atom. The number of sulfone groups is 1. The molecule has 1 aromatic carbocycles. The summed E-state index contributed by atoms with van der Waals surface area (Å²) in [5.74, 6) is -1.30. The lowest BCUT2D eigenvalue weighted by atomic mass is 9.99. The molecule has 1 aliphatic heterocycles. The van der Waals surface area contributed by atoms with E-state index in [1.807, 2.05) is 0 Å². The van der Waals surface area contributed by atoms with Gasteiger partial charge in [0.2, 0.25) is 0 Å². The predicted octanol–water partition coefficient (Wildman–Crippen LogP) is 2.71. The Bertz CT molecular complexity index is 545. The van der Waals surface area contributed by atoms with E-state index >= 15 is 0 Å². The van der Waals surface area contributed by atoms with Gasteiger partial charge in [0.1, 0.15) is 0 Å². The third-order valence-electron chi connectivity index (χ3n) is 3.19. The van der Waals surface area contributed by atoms with Crippen LogP contribution in [0.2, 0.25) is 0 Å². The standard InChI is InChI=1S/C12H13BrF2O2S/c13-10(9-3-4-18(16,17)7-9)5-8-1-2-11(14)12(15)6-8/h1-2,6,9-10H,3-5,7H2. The first kappa shape index (κ1) is 13.9. The van der Waals surface area contributed by atoms with E-state index in [0.717, 1.165) is 12.1 Å². The Balaban J connectivity index is 2.03. The van der Waals surface area contributed by atoms with Crippen molar-refractivity contribution >= 4 is 25.8 Å². The Hall–Kier alpha value is -0.490. The zero-order chi connectivity index (χ0) is 13.3. The second-order valence-corrected chi connectivity index (χ2v) is 8.04. The van der Waals surface area contributed by atoms with E-state index in [0.29, 0.717) is 18.4 Å². The molecule has 0 aliphatic carbocycles. The van der Waals surface area contributed by atoms with Crippen molar-refractivity contribution < 1.29 is 17.2 Å².